The molecule has 1 aliphatic carbocycles. The fourth-order valence-corrected chi connectivity index (χ4v) is 1.46. The number of carbonyl (C=O) groups is 1. The maximum atomic E-state index is 11.7. The van der Waals surface area contributed by atoms with Gasteiger partial charge in [-0.1, -0.05) is 0 Å². The molecule has 3 N–H and O–H groups in total. The topological polar surface area (TPSA) is 60.0 Å². The van der Waals surface area contributed by atoms with Crippen LogP contribution in [0.25, 0.3) is 0 Å². The molecule has 2 rings (SSSR count). The van der Waals surface area contributed by atoms with Crippen LogP contribution in [0.3, 0.4) is 0 Å². The highest BCUT2D eigenvalue weighted by molar-refractivity contribution is 5.93. The molecule has 14 heavy (non-hydrogen) atoms. The number of carbonyl (C=O) groups excluding carboxylic acids is 1. The first kappa shape index (κ1) is 9.27. The van der Waals surface area contributed by atoms with Crippen LogP contribution in [0.5, 0.6) is 0 Å². The predicted molar refractivity (Wildman–Crippen MR) is 53.8 cm³/mol. The molecule has 1 aliphatic rings. The number of nitrogens with two attached hydrogens (primary N) is 1. The van der Waals surface area contributed by atoms with Crippen LogP contribution in [0, 0.1) is 0 Å². The van der Waals surface area contributed by atoms with Crippen LogP contribution in [0.1, 0.15) is 28.9 Å². The summed E-state index contributed by atoms with van der Waals surface area (Å²) in [4.78, 5) is 11.7. The third-order valence-corrected chi connectivity index (χ3v) is 2.44. The molecule has 1 saturated carbocycles. The molecular weight excluding hydrogens is 178 g/mol. The molecule has 4 heteroatoms. The molecule has 0 unspecified atom stereocenters. The van der Waals surface area contributed by atoms with Gasteiger partial charge in [-0.2, -0.15) is 0 Å². The number of aromatic nitrogens is 1. The van der Waals surface area contributed by atoms with Crippen molar-refractivity contribution in [2.45, 2.75) is 25.4 Å². The molecule has 4 nitrogen and oxygen atoms in total. The lowest BCUT2D eigenvalue weighted by molar-refractivity contribution is 0.0943. The third-order valence-electron chi connectivity index (χ3n) is 2.44. The molecule has 1 aromatic heterocycles. The summed E-state index contributed by atoms with van der Waals surface area (Å²) < 4.78 is 1.82. The van der Waals surface area contributed by atoms with Crippen molar-refractivity contribution in [1.82, 2.24) is 9.88 Å². The Balaban J connectivity index is 2.12. The van der Waals surface area contributed by atoms with E-state index in [0.29, 0.717) is 18.3 Å². The van der Waals surface area contributed by atoms with Gasteiger partial charge in [0, 0.05) is 25.8 Å². The molecule has 1 aromatic rings. The molecule has 0 radical (unpaired) electrons. The van der Waals surface area contributed by atoms with E-state index in [1.54, 1.807) is 0 Å². The van der Waals surface area contributed by atoms with Gasteiger partial charge >= 0.3 is 0 Å². The lowest BCUT2D eigenvalue weighted by Gasteiger charge is -2.03. The molecule has 0 aliphatic heterocycles. The molecule has 0 bridgehead atoms. The lowest BCUT2D eigenvalue weighted by atomic mass is 10.3. The summed E-state index contributed by atoms with van der Waals surface area (Å²) in [6.45, 7) is 0.477. The van der Waals surface area contributed by atoms with E-state index in [2.05, 4.69) is 5.32 Å². The number of aryl methyl sites for hydroxylation is 1. The second kappa shape index (κ2) is 3.46. The Bertz CT molecular complexity index is 352. The minimum Gasteiger partial charge on any atom is -0.348 e. The van der Waals surface area contributed by atoms with Gasteiger partial charge in [0.1, 0.15) is 5.69 Å². The highest BCUT2D eigenvalue weighted by Gasteiger charge is 2.24. The van der Waals surface area contributed by atoms with Gasteiger partial charge in [0.25, 0.3) is 5.91 Å². The van der Waals surface area contributed by atoms with Crippen molar-refractivity contribution in [3.8, 4) is 0 Å². The van der Waals surface area contributed by atoms with Crippen LogP contribution >= 0.6 is 0 Å². The number of hydrogen-bond donors (Lipinski definition) is 2. The average Bonchev–Trinajstić information content (AvgIpc) is 2.87. The second-order valence-electron chi connectivity index (χ2n) is 3.80. The van der Waals surface area contributed by atoms with Crippen LogP contribution in [0.2, 0.25) is 0 Å². The predicted octanol–water partition coefficient (Wildman–Crippen LogP) is 0.376. The zero-order chi connectivity index (χ0) is 10.1. The van der Waals surface area contributed by atoms with E-state index >= 15 is 0 Å². The van der Waals surface area contributed by atoms with Crippen molar-refractivity contribution in [2.24, 2.45) is 12.8 Å². The normalized spacial score (nSPS) is 15.6. The smallest absolute Gasteiger partial charge is 0.268 e. The van der Waals surface area contributed by atoms with E-state index in [1.165, 1.54) is 0 Å². The second-order valence-corrected chi connectivity index (χ2v) is 3.80. The Morgan fingerprint density at radius 2 is 2.43 bits per heavy atom. The summed E-state index contributed by atoms with van der Waals surface area (Å²) in [5.41, 5.74) is 7.19. The van der Waals surface area contributed by atoms with Crippen LogP contribution in [-0.2, 0) is 13.6 Å². The quantitative estimate of drug-likeness (QED) is 0.729. The summed E-state index contributed by atoms with van der Waals surface area (Å²) in [5.74, 6) is 0.00898. The molecule has 76 valence electrons. The highest BCUT2D eigenvalue weighted by Crippen LogP contribution is 2.19. The Morgan fingerprint density at radius 3 is 2.93 bits per heavy atom. The van der Waals surface area contributed by atoms with Crippen LogP contribution < -0.4 is 11.1 Å². The highest BCUT2D eigenvalue weighted by atomic mass is 16.2. The van der Waals surface area contributed by atoms with Gasteiger partial charge in [-0.05, 0) is 24.5 Å². The molecule has 1 heterocycles. The summed E-state index contributed by atoms with van der Waals surface area (Å²) in [7, 11) is 1.86. The monoisotopic (exact) mass is 193 g/mol. The molecule has 1 fully saturated rings. The number of amides is 1. The van der Waals surface area contributed by atoms with E-state index in [0.717, 1.165) is 18.4 Å². The van der Waals surface area contributed by atoms with E-state index < -0.39 is 0 Å². The molecule has 0 spiro atoms. The first-order valence-electron chi connectivity index (χ1n) is 4.87. The third kappa shape index (κ3) is 1.80. The van der Waals surface area contributed by atoms with Gasteiger partial charge in [0.15, 0.2) is 0 Å². The van der Waals surface area contributed by atoms with Crippen molar-refractivity contribution < 1.29 is 4.79 Å². The largest absolute Gasteiger partial charge is 0.348 e. The summed E-state index contributed by atoms with van der Waals surface area (Å²) in [6, 6.07) is 2.25. The number of rotatable bonds is 3. The van der Waals surface area contributed by atoms with Gasteiger partial charge in [0.2, 0.25) is 0 Å². The Labute approximate surface area is 83.1 Å². The molecule has 0 aromatic carbocycles. The fraction of sp³-hybridized carbons (Fsp3) is 0.500. The van der Waals surface area contributed by atoms with E-state index in [-0.39, 0.29) is 5.91 Å². The van der Waals surface area contributed by atoms with Crippen molar-refractivity contribution in [3.05, 3.63) is 23.5 Å². The first-order chi connectivity index (χ1) is 6.70. The van der Waals surface area contributed by atoms with Crippen LogP contribution in [0.4, 0.5) is 0 Å². The van der Waals surface area contributed by atoms with Crippen molar-refractivity contribution in [3.63, 3.8) is 0 Å². The number of hydrogen-bond acceptors (Lipinski definition) is 2. The number of nitrogens with zero attached hydrogens (tertiary/aromatic N) is 1. The van der Waals surface area contributed by atoms with Gasteiger partial charge in [-0.15, -0.1) is 0 Å². The van der Waals surface area contributed by atoms with Crippen molar-refractivity contribution in [1.29, 1.82) is 0 Å². The Hall–Kier alpha value is -1.29. The summed E-state index contributed by atoms with van der Waals surface area (Å²) in [6.07, 6.45) is 4.11. The van der Waals surface area contributed by atoms with Crippen molar-refractivity contribution in [2.75, 3.05) is 0 Å². The molecule has 1 amide bonds. The van der Waals surface area contributed by atoms with Gasteiger partial charge in [0.05, 0.1) is 0 Å². The zero-order valence-corrected chi connectivity index (χ0v) is 8.29. The average molecular weight is 193 g/mol. The summed E-state index contributed by atoms with van der Waals surface area (Å²) >= 11 is 0. The summed E-state index contributed by atoms with van der Waals surface area (Å²) in [5, 5.41) is 2.95. The Kier molecular flexibility index (Phi) is 2.29. The minimum absolute atomic E-state index is 0.00898. The minimum atomic E-state index is 0.00898. The number of nitrogens with one attached hydrogen (secondary N) is 1. The maximum Gasteiger partial charge on any atom is 0.268 e. The van der Waals surface area contributed by atoms with Crippen LogP contribution in [0.15, 0.2) is 12.3 Å². The van der Waals surface area contributed by atoms with Gasteiger partial charge in [-0.25, -0.2) is 0 Å². The Morgan fingerprint density at radius 1 is 1.71 bits per heavy atom. The van der Waals surface area contributed by atoms with E-state index in [1.807, 2.05) is 23.9 Å². The maximum absolute atomic E-state index is 11.7. The zero-order valence-electron chi connectivity index (χ0n) is 8.29. The molecule has 0 atom stereocenters. The van der Waals surface area contributed by atoms with Gasteiger partial charge in [-0.3, -0.25) is 4.79 Å². The molecular formula is C10H15N3O. The fourth-order valence-electron chi connectivity index (χ4n) is 1.46. The standard InChI is InChI=1S/C10H15N3O/c1-13-6-7(5-11)4-9(13)10(14)12-8-2-3-8/h4,6,8H,2-3,5,11H2,1H3,(H,12,14). The molecule has 0 saturated heterocycles. The van der Waals surface area contributed by atoms with E-state index in [4.69, 9.17) is 5.73 Å². The lowest BCUT2D eigenvalue weighted by Crippen LogP contribution is -2.27. The van der Waals surface area contributed by atoms with Crippen molar-refractivity contribution >= 4 is 5.91 Å². The first-order valence-corrected chi connectivity index (χ1v) is 4.87. The van der Waals surface area contributed by atoms with Gasteiger partial charge < -0.3 is 15.6 Å². The van der Waals surface area contributed by atoms with E-state index in [9.17, 15) is 4.79 Å². The van der Waals surface area contributed by atoms with Crippen LogP contribution in [-0.4, -0.2) is 16.5 Å². The SMILES string of the molecule is Cn1cc(CN)cc1C(=O)NC1CC1.